The van der Waals surface area contributed by atoms with Gasteiger partial charge in [-0.05, 0) is 36.2 Å². The highest BCUT2D eigenvalue weighted by Gasteiger charge is 2.36. The second-order valence-electron chi connectivity index (χ2n) is 7.29. The summed E-state index contributed by atoms with van der Waals surface area (Å²) in [5.74, 6) is -0.398. The summed E-state index contributed by atoms with van der Waals surface area (Å²) in [7, 11) is -0.309. The zero-order chi connectivity index (χ0) is 17.7. The number of rotatable bonds is 7. The Labute approximate surface area is 140 Å². The number of hydrogen-bond acceptors (Lipinski definition) is 5. The second kappa shape index (κ2) is 8.03. The SMILES string of the molecule is COC(=O)c1ncc(CNCCO[Si](C)(C)C(C)(C)C)cc1C. The molecule has 1 rings (SSSR count). The fourth-order valence-electron chi connectivity index (χ4n) is 1.87. The molecule has 0 saturated heterocycles. The standard InChI is InChI=1S/C17H30N2O3Si/c1-13-10-14(12-19-15(13)16(20)21-5)11-18-8-9-22-23(6,7)17(2,3)4/h10,12,18H,8-9,11H2,1-7H3. The van der Waals surface area contributed by atoms with Crippen LogP contribution in [-0.2, 0) is 15.7 Å². The monoisotopic (exact) mass is 338 g/mol. The molecule has 0 aliphatic carbocycles. The van der Waals surface area contributed by atoms with Crippen LogP contribution in [0.2, 0.25) is 18.1 Å². The summed E-state index contributed by atoms with van der Waals surface area (Å²) in [5.41, 5.74) is 2.24. The van der Waals surface area contributed by atoms with E-state index in [1.54, 1.807) is 6.20 Å². The van der Waals surface area contributed by atoms with Crippen LogP contribution in [0.25, 0.3) is 0 Å². The number of nitrogens with zero attached hydrogens (tertiary/aromatic N) is 1. The number of pyridine rings is 1. The number of carbonyl (C=O) groups excluding carboxylic acids is 1. The van der Waals surface area contributed by atoms with E-state index in [0.717, 1.165) is 17.7 Å². The maximum absolute atomic E-state index is 11.5. The normalized spacial score (nSPS) is 12.3. The van der Waals surface area contributed by atoms with Crippen LogP contribution in [-0.4, -0.2) is 39.5 Å². The lowest BCUT2D eigenvalue weighted by molar-refractivity contribution is 0.0593. The maximum Gasteiger partial charge on any atom is 0.356 e. The van der Waals surface area contributed by atoms with E-state index in [-0.39, 0.29) is 5.04 Å². The van der Waals surface area contributed by atoms with Gasteiger partial charge in [0, 0.05) is 25.9 Å². The van der Waals surface area contributed by atoms with E-state index in [1.165, 1.54) is 7.11 Å². The molecule has 1 aromatic heterocycles. The highest BCUT2D eigenvalue weighted by Crippen LogP contribution is 2.36. The topological polar surface area (TPSA) is 60.5 Å². The van der Waals surface area contributed by atoms with Crippen LogP contribution < -0.4 is 5.32 Å². The van der Waals surface area contributed by atoms with Gasteiger partial charge >= 0.3 is 5.97 Å². The Balaban J connectivity index is 2.43. The van der Waals surface area contributed by atoms with Crippen LogP contribution in [0.5, 0.6) is 0 Å². The first-order valence-corrected chi connectivity index (χ1v) is 10.9. The number of ether oxygens (including phenoxy) is 1. The lowest BCUT2D eigenvalue weighted by Crippen LogP contribution is -2.42. The summed E-state index contributed by atoms with van der Waals surface area (Å²) in [6, 6.07) is 1.96. The number of nitrogens with one attached hydrogen (secondary N) is 1. The smallest absolute Gasteiger partial charge is 0.356 e. The number of aromatic nitrogens is 1. The Morgan fingerprint density at radius 1 is 1.35 bits per heavy atom. The summed E-state index contributed by atoms with van der Waals surface area (Å²) in [5, 5.41) is 3.59. The van der Waals surface area contributed by atoms with Gasteiger partial charge in [0.1, 0.15) is 0 Å². The van der Waals surface area contributed by atoms with Gasteiger partial charge in [0.05, 0.1) is 7.11 Å². The van der Waals surface area contributed by atoms with E-state index in [9.17, 15) is 4.79 Å². The van der Waals surface area contributed by atoms with E-state index in [2.05, 4.69) is 44.2 Å². The fraction of sp³-hybridized carbons (Fsp3) is 0.647. The minimum atomic E-state index is -1.67. The fourth-order valence-corrected chi connectivity index (χ4v) is 2.91. The first-order valence-electron chi connectivity index (χ1n) is 7.97. The van der Waals surface area contributed by atoms with Crippen molar-refractivity contribution in [2.24, 2.45) is 0 Å². The van der Waals surface area contributed by atoms with E-state index in [1.807, 2.05) is 13.0 Å². The molecule has 0 saturated carbocycles. The van der Waals surface area contributed by atoms with Gasteiger partial charge in [-0.2, -0.15) is 0 Å². The molecule has 23 heavy (non-hydrogen) atoms. The molecule has 0 amide bonds. The van der Waals surface area contributed by atoms with Crippen molar-refractivity contribution in [1.82, 2.24) is 10.3 Å². The third-order valence-corrected chi connectivity index (χ3v) is 8.93. The van der Waals surface area contributed by atoms with Gasteiger partial charge in [-0.3, -0.25) is 0 Å². The Bertz CT molecular complexity index is 539. The van der Waals surface area contributed by atoms with E-state index < -0.39 is 14.3 Å². The second-order valence-corrected chi connectivity index (χ2v) is 12.1. The number of methoxy groups -OCH3 is 1. The van der Waals surface area contributed by atoms with Crippen molar-refractivity contribution in [3.8, 4) is 0 Å². The molecule has 0 unspecified atom stereocenters. The van der Waals surface area contributed by atoms with E-state index in [0.29, 0.717) is 18.8 Å². The molecule has 0 fully saturated rings. The van der Waals surface area contributed by atoms with Crippen molar-refractivity contribution in [3.05, 3.63) is 29.1 Å². The lowest BCUT2D eigenvalue weighted by atomic mass is 10.1. The number of aryl methyl sites for hydroxylation is 1. The van der Waals surface area contributed by atoms with Gasteiger partial charge < -0.3 is 14.5 Å². The summed E-state index contributed by atoms with van der Waals surface area (Å²) >= 11 is 0. The van der Waals surface area contributed by atoms with Gasteiger partial charge in [-0.15, -0.1) is 0 Å². The van der Waals surface area contributed by atoms with Crippen LogP contribution in [0.4, 0.5) is 0 Å². The zero-order valence-electron chi connectivity index (χ0n) is 15.4. The molecule has 5 nitrogen and oxygen atoms in total. The molecule has 0 bridgehead atoms. The quantitative estimate of drug-likeness (QED) is 0.470. The van der Waals surface area contributed by atoms with Crippen molar-refractivity contribution < 1.29 is 14.0 Å². The molecule has 130 valence electrons. The summed E-state index contributed by atoms with van der Waals surface area (Å²) in [6.07, 6.45) is 1.71. The Morgan fingerprint density at radius 3 is 2.52 bits per heavy atom. The van der Waals surface area contributed by atoms with Gasteiger partial charge in [0.15, 0.2) is 14.0 Å². The van der Waals surface area contributed by atoms with Crippen LogP contribution in [0.15, 0.2) is 12.3 Å². The highest BCUT2D eigenvalue weighted by molar-refractivity contribution is 6.74. The molecular weight excluding hydrogens is 308 g/mol. The van der Waals surface area contributed by atoms with Crippen LogP contribution in [0, 0.1) is 6.92 Å². The Kier molecular flexibility index (Phi) is 6.92. The molecule has 0 atom stereocenters. The molecule has 0 spiro atoms. The molecule has 0 aromatic carbocycles. The van der Waals surface area contributed by atoms with E-state index >= 15 is 0 Å². The Hall–Kier alpha value is -1.24. The molecule has 0 aliphatic heterocycles. The number of carbonyl (C=O) groups is 1. The Morgan fingerprint density at radius 2 is 2.00 bits per heavy atom. The summed E-state index contributed by atoms with van der Waals surface area (Å²) in [4.78, 5) is 15.7. The van der Waals surface area contributed by atoms with Gasteiger partial charge in [-0.25, -0.2) is 9.78 Å². The first-order chi connectivity index (χ1) is 10.6. The minimum Gasteiger partial charge on any atom is -0.464 e. The highest BCUT2D eigenvalue weighted by atomic mass is 28.4. The zero-order valence-corrected chi connectivity index (χ0v) is 16.4. The average Bonchev–Trinajstić information content (AvgIpc) is 2.45. The largest absolute Gasteiger partial charge is 0.464 e. The van der Waals surface area contributed by atoms with Crippen LogP contribution in [0.3, 0.4) is 0 Å². The van der Waals surface area contributed by atoms with Crippen molar-refractivity contribution in [1.29, 1.82) is 0 Å². The van der Waals surface area contributed by atoms with Crippen LogP contribution in [0.1, 0.15) is 42.4 Å². The summed E-state index contributed by atoms with van der Waals surface area (Å²) < 4.78 is 10.8. The average molecular weight is 339 g/mol. The minimum absolute atomic E-state index is 0.234. The molecule has 0 aliphatic rings. The van der Waals surface area contributed by atoms with Crippen molar-refractivity contribution in [2.75, 3.05) is 20.3 Å². The van der Waals surface area contributed by atoms with Crippen LogP contribution >= 0.6 is 0 Å². The molecule has 1 N–H and O–H groups in total. The van der Waals surface area contributed by atoms with E-state index in [4.69, 9.17) is 9.16 Å². The van der Waals surface area contributed by atoms with Gasteiger partial charge in [-0.1, -0.05) is 26.8 Å². The lowest BCUT2D eigenvalue weighted by Gasteiger charge is -2.36. The predicted octanol–water partition coefficient (Wildman–Crippen LogP) is 3.29. The number of esters is 1. The summed E-state index contributed by atoms with van der Waals surface area (Å²) in [6.45, 7) is 15.3. The van der Waals surface area contributed by atoms with Crippen molar-refractivity contribution in [2.45, 2.75) is 52.4 Å². The molecular formula is C17H30N2O3Si. The van der Waals surface area contributed by atoms with Gasteiger partial charge in [0.25, 0.3) is 0 Å². The van der Waals surface area contributed by atoms with Crippen molar-refractivity contribution >= 4 is 14.3 Å². The predicted molar refractivity (Wildman–Crippen MR) is 95.2 cm³/mol. The molecule has 0 radical (unpaired) electrons. The maximum atomic E-state index is 11.5. The van der Waals surface area contributed by atoms with Crippen molar-refractivity contribution in [3.63, 3.8) is 0 Å². The van der Waals surface area contributed by atoms with Gasteiger partial charge in [0.2, 0.25) is 0 Å². The third kappa shape index (κ3) is 5.71. The number of hydrogen-bond donors (Lipinski definition) is 1. The first kappa shape index (κ1) is 19.8. The molecule has 6 heteroatoms. The molecule has 1 aromatic rings. The molecule has 1 heterocycles. The third-order valence-electron chi connectivity index (χ3n) is 4.39.